The number of morpholine rings is 1. The Kier molecular flexibility index (Phi) is 5.84. The third-order valence-corrected chi connectivity index (χ3v) is 3.43. The summed E-state index contributed by atoms with van der Waals surface area (Å²) in [5.74, 6) is -0.845. The Morgan fingerprint density at radius 2 is 1.96 bits per heavy atom. The van der Waals surface area contributed by atoms with Crippen molar-refractivity contribution in [3.63, 3.8) is 0 Å². The molecule has 5 nitrogen and oxygen atoms in total. The molecule has 128 valence electrons. The Bertz CT molecular complexity index is 542. The van der Waals surface area contributed by atoms with Crippen LogP contribution < -0.4 is 4.74 Å². The lowest BCUT2D eigenvalue weighted by Crippen LogP contribution is -2.38. The van der Waals surface area contributed by atoms with Gasteiger partial charge in [0.1, 0.15) is 12.4 Å². The molecule has 0 aliphatic carbocycles. The first-order valence-electron chi connectivity index (χ1n) is 7.13. The molecule has 0 atom stereocenters. The maximum Gasteiger partial charge on any atom is 0.416 e. The largest absolute Gasteiger partial charge is 0.492 e. The molecule has 8 heteroatoms. The van der Waals surface area contributed by atoms with Crippen molar-refractivity contribution in [2.75, 3.05) is 46.6 Å². The van der Waals surface area contributed by atoms with Crippen LogP contribution in [0.1, 0.15) is 15.9 Å². The molecule has 0 unspecified atom stereocenters. The third kappa shape index (κ3) is 5.11. The van der Waals surface area contributed by atoms with Gasteiger partial charge in [-0.05, 0) is 18.2 Å². The number of methoxy groups -OCH3 is 1. The summed E-state index contributed by atoms with van der Waals surface area (Å²) in [7, 11) is 1.11. The monoisotopic (exact) mass is 333 g/mol. The van der Waals surface area contributed by atoms with E-state index in [4.69, 9.17) is 9.47 Å². The standard InChI is InChI=1S/C15H18F3NO4/c1-21-14(20)11-8-12(15(16,17)18)10-13(9-11)23-7-4-19-2-5-22-6-3-19/h8-10H,2-7H2,1H3. The first-order chi connectivity index (χ1) is 10.9. The highest BCUT2D eigenvalue weighted by atomic mass is 19.4. The molecule has 1 aliphatic heterocycles. The summed E-state index contributed by atoms with van der Waals surface area (Å²) in [4.78, 5) is 13.6. The quantitative estimate of drug-likeness (QED) is 0.773. The molecule has 1 fully saturated rings. The number of nitrogens with zero attached hydrogens (tertiary/aromatic N) is 1. The van der Waals surface area contributed by atoms with E-state index in [0.29, 0.717) is 19.8 Å². The van der Waals surface area contributed by atoms with E-state index in [9.17, 15) is 18.0 Å². The molecule has 1 aliphatic rings. The molecule has 0 amide bonds. The van der Waals surface area contributed by atoms with Crippen LogP contribution in [0.4, 0.5) is 13.2 Å². The molecule has 23 heavy (non-hydrogen) atoms. The lowest BCUT2D eigenvalue weighted by Gasteiger charge is -2.26. The zero-order valence-corrected chi connectivity index (χ0v) is 12.7. The van der Waals surface area contributed by atoms with Crippen molar-refractivity contribution in [3.8, 4) is 5.75 Å². The van der Waals surface area contributed by atoms with Crippen LogP contribution in [0.25, 0.3) is 0 Å². The fourth-order valence-corrected chi connectivity index (χ4v) is 2.20. The summed E-state index contributed by atoms with van der Waals surface area (Å²) < 4.78 is 53.8. The smallest absolute Gasteiger partial charge is 0.416 e. The molecule has 1 aromatic carbocycles. The van der Waals surface area contributed by atoms with Gasteiger partial charge in [0.2, 0.25) is 0 Å². The number of carbonyl (C=O) groups excluding carboxylic acids is 1. The minimum absolute atomic E-state index is 0.00603. The summed E-state index contributed by atoms with van der Waals surface area (Å²) in [6.45, 7) is 3.60. The van der Waals surface area contributed by atoms with Crippen molar-refractivity contribution in [1.29, 1.82) is 0 Å². The van der Waals surface area contributed by atoms with Crippen LogP contribution in [0.3, 0.4) is 0 Å². The van der Waals surface area contributed by atoms with Gasteiger partial charge in [-0.25, -0.2) is 4.79 Å². The molecule has 1 aromatic rings. The van der Waals surface area contributed by atoms with E-state index < -0.39 is 17.7 Å². The second kappa shape index (κ2) is 7.65. The third-order valence-electron chi connectivity index (χ3n) is 3.43. The Labute approximate surface area is 131 Å². The van der Waals surface area contributed by atoms with Crippen LogP contribution in [0.5, 0.6) is 5.75 Å². The van der Waals surface area contributed by atoms with Crippen LogP contribution in [0, 0.1) is 0 Å². The summed E-state index contributed by atoms with van der Waals surface area (Å²) in [6, 6.07) is 2.88. The van der Waals surface area contributed by atoms with Crippen LogP contribution in [0.15, 0.2) is 18.2 Å². The van der Waals surface area contributed by atoms with E-state index in [2.05, 4.69) is 9.64 Å². The molecule has 1 saturated heterocycles. The van der Waals surface area contributed by atoms with Gasteiger partial charge in [0, 0.05) is 19.6 Å². The lowest BCUT2D eigenvalue weighted by molar-refractivity contribution is -0.137. The van der Waals surface area contributed by atoms with E-state index in [1.54, 1.807) is 0 Å². The average Bonchev–Trinajstić information content (AvgIpc) is 2.54. The highest BCUT2D eigenvalue weighted by molar-refractivity contribution is 5.90. The summed E-state index contributed by atoms with van der Waals surface area (Å²) in [5.41, 5.74) is -1.13. The minimum Gasteiger partial charge on any atom is -0.492 e. The Hall–Kier alpha value is -1.80. The number of rotatable bonds is 5. The molecule has 0 radical (unpaired) electrons. The average molecular weight is 333 g/mol. The molecule has 0 spiro atoms. The lowest BCUT2D eigenvalue weighted by atomic mass is 10.1. The highest BCUT2D eigenvalue weighted by Crippen LogP contribution is 2.32. The topological polar surface area (TPSA) is 48.0 Å². The molecular weight excluding hydrogens is 315 g/mol. The van der Waals surface area contributed by atoms with Crippen molar-refractivity contribution in [3.05, 3.63) is 29.3 Å². The van der Waals surface area contributed by atoms with Gasteiger partial charge in [0.05, 0.1) is 31.5 Å². The molecular formula is C15H18F3NO4. The van der Waals surface area contributed by atoms with Gasteiger partial charge in [0.25, 0.3) is 0 Å². The zero-order chi connectivity index (χ0) is 16.9. The molecule has 0 saturated carbocycles. The Morgan fingerprint density at radius 1 is 1.26 bits per heavy atom. The first kappa shape index (κ1) is 17.6. The summed E-state index contributed by atoms with van der Waals surface area (Å²) in [5, 5.41) is 0. The second-order valence-corrected chi connectivity index (χ2v) is 5.04. The molecule has 1 heterocycles. The summed E-state index contributed by atoms with van der Waals surface area (Å²) >= 11 is 0. The maximum absolute atomic E-state index is 12.9. The number of hydrogen-bond acceptors (Lipinski definition) is 5. The Balaban J connectivity index is 2.05. The predicted molar refractivity (Wildman–Crippen MR) is 75.5 cm³/mol. The van der Waals surface area contributed by atoms with Gasteiger partial charge < -0.3 is 14.2 Å². The van der Waals surface area contributed by atoms with Crippen molar-refractivity contribution in [2.24, 2.45) is 0 Å². The van der Waals surface area contributed by atoms with Gasteiger partial charge in [-0.2, -0.15) is 13.2 Å². The number of alkyl halides is 3. The van der Waals surface area contributed by atoms with Gasteiger partial charge in [0.15, 0.2) is 0 Å². The minimum atomic E-state index is -4.56. The summed E-state index contributed by atoms with van der Waals surface area (Å²) in [6.07, 6.45) is -4.56. The second-order valence-electron chi connectivity index (χ2n) is 5.04. The van der Waals surface area contributed by atoms with Gasteiger partial charge in [-0.1, -0.05) is 0 Å². The van der Waals surface area contributed by atoms with Crippen LogP contribution in [-0.4, -0.2) is 57.4 Å². The molecule has 0 bridgehead atoms. The van der Waals surface area contributed by atoms with Crippen molar-refractivity contribution in [2.45, 2.75) is 6.18 Å². The van der Waals surface area contributed by atoms with Crippen LogP contribution >= 0.6 is 0 Å². The van der Waals surface area contributed by atoms with Crippen molar-refractivity contribution < 1.29 is 32.2 Å². The van der Waals surface area contributed by atoms with E-state index in [-0.39, 0.29) is 17.9 Å². The van der Waals surface area contributed by atoms with Crippen molar-refractivity contribution >= 4 is 5.97 Å². The zero-order valence-electron chi connectivity index (χ0n) is 12.7. The van der Waals surface area contributed by atoms with E-state index in [1.807, 2.05) is 0 Å². The Morgan fingerprint density at radius 3 is 2.57 bits per heavy atom. The number of carbonyl (C=O) groups is 1. The SMILES string of the molecule is COC(=O)c1cc(OCCN2CCOCC2)cc(C(F)(F)F)c1. The normalized spacial score (nSPS) is 16.2. The maximum atomic E-state index is 12.9. The first-order valence-corrected chi connectivity index (χ1v) is 7.13. The molecule has 0 N–H and O–H groups in total. The van der Waals surface area contributed by atoms with Crippen molar-refractivity contribution in [1.82, 2.24) is 4.90 Å². The number of halogens is 3. The van der Waals surface area contributed by atoms with E-state index >= 15 is 0 Å². The number of ether oxygens (including phenoxy) is 3. The van der Waals surface area contributed by atoms with E-state index in [1.165, 1.54) is 6.07 Å². The van der Waals surface area contributed by atoms with Crippen LogP contribution in [0.2, 0.25) is 0 Å². The predicted octanol–water partition coefficient (Wildman–Crippen LogP) is 2.20. The fraction of sp³-hybridized carbons (Fsp3) is 0.533. The van der Waals surface area contributed by atoms with Gasteiger partial charge >= 0.3 is 12.1 Å². The number of hydrogen-bond donors (Lipinski definition) is 0. The number of benzene rings is 1. The van der Waals surface area contributed by atoms with E-state index in [0.717, 1.165) is 32.3 Å². The van der Waals surface area contributed by atoms with Gasteiger partial charge in [-0.15, -0.1) is 0 Å². The fourth-order valence-electron chi connectivity index (χ4n) is 2.20. The molecule has 0 aromatic heterocycles. The molecule has 2 rings (SSSR count). The van der Waals surface area contributed by atoms with Gasteiger partial charge in [-0.3, -0.25) is 4.90 Å². The van der Waals surface area contributed by atoms with Crippen LogP contribution in [-0.2, 0) is 15.7 Å². The number of esters is 1. The highest BCUT2D eigenvalue weighted by Gasteiger charge is 2.32.